The van der Waals surface area contributed by atoms with Crippen LogP contribution in [0, 0.1) is 6.92 Å². The zero-order chi connectivity index (χ0) is 12.3. The Kier molecular flexibility index (Phi) is 3.37. The number of benzene rings is 1. The second-order valence-corrected chi connectivity index (χ2v) is 3.94. The molecule has 0 spiro atoms. The van der Waals surface area contributed by atoms with E-state index < -0.39 is 0 Å². The molecule has 4 heteroatoms. The van der Waals surface area contributed by atoms with Crippen LogP contribution in [0.15, 0.2) is 42.6 Å². The molecule has 1 heterocycles. The SMILES string of the molecule is Cc1ccnc(N)c1C(NN)c1ccccc1. The van der Waals surface area contributed by atoms with E-state index in [0.29, 0.717) is 5.82 Å². The number of hydrogen-bond acceptors (Lipinski definition) is 4. The van der Waals surface area contributed by atoms with Gasteiger partial charge in [0.2, 0.25) is 0 Å². The Bertz CT molecular complexity index is 476. The number of anilines is 1. The van der Waals surface area contributed by atoms with Gasteiger partial charge in [0.05, 0.1) is 6.04 Å². The molecule has 0 aliphatic carbocycles. The lowest BCUT2D eigenvalue weighted by atomic mass is 9.96. The Morgan fingerprint density at radius 1 is 1.18 bits per heavy atom. The maximum Gasteiger partial charge on any atom is 0.128 e. The summed E-state index contributed by atoms with van der Waals surface area (Å²) >= 11 is 0. The van der Waals surface area contributed by atoms with Gasteiger partial charge in [-0.2, -0.15) is 0 Å². The third kappa shape index (κ3) is 2.27. The van der Waals surface area contributed by atoms with E-state index in [1.807, 2.05) is 43.3 Å². The molecule has 0 radical (unpaired) electrons. The van der Waals surface area contributed by atoms with E-state index in [2.05, 4.69) is 10.4 Å². The van der Waals surface area contributed by atoms with Gasteiger partial charge >= 0.3 is 0 Å². The number of nitrogens with one attached hydrogen (secondary N) is 1. The molecule has 0 amide bonds. The van der Waals surface area contributed by atoms with E-state index >= 15 is 0 Å². The van der Waals surface area contributed by atoms with Crippen LogP contribution < -0.4 is 17.0 Å². The van der Waals surface area contributed by atoms with Gasteiger partial charge in [-0.25, -0.2) is 10.4 Å². The lowest BCUT2D eigenvalue weighted by molar-refractivity contribution is 0.633. The van der Waals surface area contributed by atoms with Gasteiger partial charge in [0.25, 0.3) is 0 Å². The average molecular weight is 228 g/mol. The summed E-state index contributed by atoms with van der Waals surface area (Å²) in [6.45, 7) is 2.00. The second kappa shape index (κ2) is 4.95. The van der Waals surface area contributed by atoms with Crippen LogP contribution in [0.25, 0.3) is 0 Å². The molecule has 2 aromatic rings. The zero-order valence-corrected chi connectivity index (χ0v) is 9.72. The molecule has 0 aliphatic heterocycles. The number of nitrogen functional groups attached to an aromatic ring is 1. The van der Waals surface area contributed by atoms with Gasteiger partial charge in [0.1, 0.15) is 5.82 Å². The molecule has 0 aliphatic rings. The van der Waals surface area contributed by atoms with Crippen molar-refractivity contribution in [1.29, 1.82) is 0 Å². The van der Waals surface area contributed by atoms with Crippen LogP contribution in [-0.4, -0.2) is 4.98 Å². The molecule has 4 nitrogen and oxygen atoms in total. The molecule has 1 unspecified atom stereocenters. The molecule has 0 fully saturated rings. The highest BCUT2D eigenvalue weighted by Crippen LogP contribution is 2.27. The first-order valence-electron chi connectivity index (χ1n) is 5.46. The van der Waals surface area contributed by atoms with Gasteiger partial charge in [-0.1, -0.05) is 30.3 Å². The van der Waals surface area contributed by atoms with Gasteiger partial charge in [-0.3, -0.25) is 5.84 Å². The summed E-state index contributed by atoms with van der Waals surface area (Å²) in [6, 6.07) is 11.7. The molecule has 0 saturated heterocycles. The number of hydrogen-bond donors (Lipinski definition) is 3. The predicted octanol–water partition coefficient (Wildman–Crippen LogP) is 1.52. The summed E-state index contributed by atoms with van der Waals surface area (Å²) < 4.78 is 0. The maximum absolute atomic E-state index is 5.93. The van der Waals surface area contributed by atoms with Crippen LogP contribution in [0.2, 0.25) is 0 Å². The minimum atomic E-state index is -0.134. The largest absolute Gasteiger partial charge is 0.383 e. The number of hydrazine groups is 1. The van der Waals surface area contributed by atoms with Gasteiger partial charge < -0.3 is 5.73 Å². The normalized spacial score (nSPS) is 12.4. The third-order valence-electron chi connectivity index (χ3n) is 2.83. The minimum Gasteiger partial charge on any atom is -0.383 e. The highest BCUT2D eigenvalue weighted by molar-refractivity contribution is 5.49. The molecule has 0 saturated carbocycles. The van der Waals surface area contributed by atoms with Crippen molar-refractivity contribution in [2.75, 3.05) is 5.73 Å². The van der Waals surface area contributed by atoms with Crippen molar-refractivity contribution < 1.29 is 0 Å². The second-order valence-electron chi connectivity index (χ2n) is 3.94. The van der Waals surface area contributed by atoms with Crippen LogP contribution in [0.5, 0.6) is 0 Å². The van der Waals surface area contributed by atoms with Crippen molar-refractivity contribution >= 4 is 5.82 Å². The molecular weight excluding hydrogens is 212 g/mol. The van der Waals surface area contributed by atoms with E-state index in [9.17, 15) is 0 Å². The van der Waals surface area contributed by atoms with E-state index in [4.69, 9.17) is 11.6 Å². The first-order valence-corrected chi connectivity index (χ1v) is 5.46. The number of nitrogens with two attached hydrogens (primary N) is 2. The molecule has 17 heavy (non-hydrogen) atoms. The number of aromatic nitrogens is 1. The molecule has 0 bridgehead atoms. The summed E-state index contributed by atoms with van der Waals surface area (Å²) in [7, 11) is 0. The van der Waals surface area contributed by atoms with Crippen molar-refractivity contribution in [3.8, 4) is 0 Å². The molecular formula is C13H16N4. The summed E-state index contributed by atoms with van der Waals surface area (Å²) in [4.78, 5) is 4.12. The van der Waals surface area contributed by atoms with E-state index in [1.165, 1.54) is 0 Å². The summed E-state index contributed by atoms with van der Waals surface area (Å²) in [5, 5.41) is 0. The minimum absolute atomic E-state index is 0.134. The number of rotatable bonds is 3. The topological polar surface area (TPSA) is 77.0 Å². The van der Waals surface area contributed by atoms with Crippen LogP contribution in [-0.2, 0) is 0 Å². The lowest BCUT2D eigenvalue weighted by Crippen LogP contribution is -2.30. The lowest BCUT2D eigenvalue weighted by Gasteiger charge is -2.20. The third-order valence-corrected chi connectivity index (χ3v) is 2.83. The Morgan fingerprint density at radius 3 is 2.47 bits per heavy atom. The molecule has 1 aromatic carbocycles. The van der Waals surface area contributed by atoms with E-state index in [1.54, 1.807) is 6.20 Å². The van der Waals surface area contributed by atoms with E-state index in [-0.39, 0.29) is 6.04 Å². The maximum atomic E-state index is 5.93. The Morgan fingerprint density at radius 2 is 1.88 bits per heavy atom. The number of nitrogens with zero attached hydrogens (tertiary/aromatic N) is 1. The molecule has 88 valence electrons. The average Bonchev–Trinajstić information content (AvgIpc) is 2.35. The van der Waals surface area contributed by atoms with Crippen LogP contribution >= 0.6 is 0 Å². The summed E-state index contributed by atoms with van der Waals surface area (Å²) in [6.07, 6.45) is 1.70. The number of aryl methyl sites for hydroxylation is 1. The highest BCUT2D eigenvalue weighted by atomic mass is 15.2. The van der Waals surface area contributed by atoms with Gasteiger partial charge in [-0.15, -0.1) is 0 Å². The number of pyridine rings is 1. The predicted molar refractivity (Wildman–Crippen MR) is 69.0 cm³/mol. The van der Waals surface area contributed by atoms with Crippen molar-refractivity contribution in [3.05, 3.63) is 59.3 Å². The molecule has 1 atom stereocenters. The summed E-state index contributed by atoms with van der Waals surface area (Å²) in [5.41, 5.74) is 11.8. The Balaban J connectivity index is 2.50. The van der Waals surface area contributed by atoms with Gasteiger partial charge in [0, 0.05) is 11.8 Å². The molecule has 1 aromatic heterocycles. The van der Waals surface area contributed by atoms with Crippen LogP contribution in [0.1, 0.15) is 22.7 Å². The molecule has 2 rings (SSSR count). The van der Waals surface area contributed by atoms with E-state index in [0.717, 1.165) is 16.7 Å². The Hall–Kier alpha value is -1.91. The zero-order valence-electron chi connectivity index (χ0n) is 9.72. The fraction of sp³-hybridized carbons (Fsp3) is 0.154. The van der Waals surface area contributed by atoms with Crippen molar-refractivity contribution in [3.63, 3.8) is 0 Å². The first kappa shape index (κ1) is 11.6. The van der Waals surface area contributed by atoms with Gasteiger partial charge in [0.15, 0.2) is 0 Å². The van der Waals surface area contributed by atoms with Crippen LogP contribution in [0.3, 0.4) is 0 Å². The molecule has 5 N–H and O–H groups in total. The Labute approximate surface area is 101 Å². The first-order chi connectivity index (χ1) is 8.24. The van der Waals surface area contributed by atoms with Crippen molar-refractivity contribution in [1.82, 2.24) is 10.4 Å². The monoisotopic (exact) mass is 228 g/mol. The fourth-order valence-electron chi connectivity index (χ4n) is 1.96. The fourth-order valence-corrected chi connectivity index (χ4v) is 1.96. The highest BCUT2D eigenvalue weighted by Gasteiger charge is 2.17. The van der Waals surface area contributed by atoms with Crippen molar-refractivity contribution in [2.24, 2.45) is 5.84 Å². The van der Waals surface area contributed by atoms with Crippen LogP contribution in [0.4, 0.5) is 5.82 Å². The summed E-state index contributed by atoms with van der Waals surface area (Å²) in [5.74, 6) is 6.15. The van der Waals surface area contributed by atoms with Crippen molar-refractivity contribution in [2.45, 2.75) is 13.0 Å². The smallest absolute Gasteiger partial charge is 0.128 e. The quantitative estimate of drug-likeness (QED) is 0.550. The van der Waals surface area contributed by atoms with Gasteiger partial charge in [-0.05, 0) is 24.1 Å². The standard InChI is InChI=1S/C13H16N4/c1-9-7-8-16-13(14)11(9)12(17-15)10-5-3-2-4-6-10/h2-8,12,17H,15H2,1H3,(H2,14,16).